The summed E-state index contributed by atoms with van der Waals surface area (Å²) in [7, 11) is 0. The van der Waals surface area contributed by atoms with E-state index in [1.165, 1.54) is 17.8 Å². The summed E-state index contributed by atoms with van der Waals surface area (Å²) < 4.78 is 13.9. The molecule has 0 saturated heterocycles. The Balaban J connectivity index is 1.77. The monoisotopic (exact) mass is 322 g/mol. The first-order valence-electron chi connectivity index (χ1n) is 7.99. The minimum atomic E-state index is -0.434. The third-order valence-electron chi connectivity index (χ3n) is 4.91. The number of benzene rings is 1. The van der Waals surface area contributed by atoms with Gasteiger partial charge in [-0.25, -0.2) is 4.39 Å². The Morgan fingerprint density at radius 3 is 3.00 bits per heavy atom. The quantitative estimate of drug-likeness (QED) is 0.877. The molecule has 0 aromatic heterocycles. The van der Waals surface area contributed by atoms with Gasteiger partial charge in [0.15, 0.2) is 0 Å². The molecule has 1 saturated carbocycles. The van der Waals surface area contributed by atoms with Crippen molar-refractivity contribution in [3.8, 4) is 0 Å². The molecule has 3 atom stereocenters. The summed E-state index contributed by atoms with van der Waals surface area (Å²) >= 11 is 1.53. The number of nitrogens with one attached hydrogen (secondary N) is 1. The van der Waals surface area contributed by atoms with E-state index in [2.05, 4.69) is 5.32 Å². The van der Waals surface area contributed by atoms with Crippen molar-refractivity contribution in [2.24, 2.45) is 11.7 Å². The zero-order chi connectivity index (χ0) is 15.7. The lowest BCUT2D eigenvalue weighted by atomic mass is 9.74. The number of amides is 1. The standard InChI is InChI=1S/C17H23FN2OS/c1-17(19)9-3-2-6-12(17)16(21)20-14-8-10-22-15-11(14)5-4-7-13(15)18/h4-5,7,12,14H,2-3,6,8-10,19H2,1H3,(H,20,21). The van der Waals surface area contributed by atoms with E-state index in [4.69, 9.17) is 5.73 Å². The van der Waals surface area contributed by atoms with Gasteiger partial charge in [0.25, 0.3) is 0 Å². The van der Waals surface area contributed by atoms with Crippen molar-refractivity contribution in [1.82, 2.24) is 5.32 Å². The Morgan fingerprint density at radius 2 is 2.23 bits per heavy atom. The normalized spacial score (nSPS) is 31.4. The average molecular weight is 322 g/mol. The van der Waals surface area contributed by atoms with E-state index in [1.807, 2.05) is 13.0 Å². The van der Waals surface area contributed by atoms with Gasteiger partial charge >= 0.3 is 0 Å². The molecule has 3 rings (SSSR count). The molecule has 5 heteroatoms. The number of carbonyl (C=O) groups excluding carboxylic acids is 1. The smallest absolute Gasteiger partial charge is 0.225 e. The molecule has 0 radical (unpaired) electrons. The van der Waals surface area contributed by atoms with Crippen LogP contribution in [0.2, 0.25) is 0 Å². The summed E-state index contributed by atoms with van der Waals surface area (Å²) in [5.41, 5.74) is 6.79. The fourth-order valence-electron chi connectivity index (χ4n) is 3.60. The Morgan fingerprint density at radius 1 is 1.41 bits per heavy atom. The predicted octanol–water partition coefficient (Wildman–Crippen LogP) is 3.39. The number of thioether (sulfide) groups is 1. The van der Waals surface area contributed by atoms with Gasteiger partial charge < -0.3 is 11.1 Å². The molecule has 0 spiro atoms. The lowest BCUT2D eigenvalue weighted by Crippen LogP contribution is -2.53. The summed E-state index contributed by atoms with van der Waals surface area (Å²) in [6, 6.07) is 5.01. The molecule has 1 aromatic rings. The van der Waals surface area contributed by atoms with E-state index in [9.17, 15) is 9.18 Å². The molecule has 2 aliphatic rings. The first-order chi connectivity index (χ1) is 10.5. The number of hydrogen-bond donors (Lipinski definition) is 2. The van der Waals surface area contributed by atoms with Crippen LogP contribution in [0.5, 0.6) is 0 Å². The van der Waals surface area contributed by atoms with Crippen LogP contribution in [0.4, 0.5) is 4.39 Å². The maximum Gasteiger partial charge on any atom is 0.225 e. The van der Waals surface area contributed by atoms with Crippen LogP contribution in [0.15, 0.2) is 23.1 Å². The number of hydrogen-bond acceptors (Lipinski definition) is 3. The van der Waals surface area contributed by atoms with Crippen LogP contribution in [-0.4, -0.2) is 17.2 Å². The second kappa shape index (κ2) is 6.20. The van der Waals surface area contributed by atoms with Crippen molar-refractivity contribution in [2.75, 3.05) is 5.75 Å². The molecule has 120 valence electrons. The summed E-state index contributed by atoms with van der Waals surface area (Å²) in [6.07, 6.45) is 4.70. The van der Waals surface area contributed by atoms with E-state index in [0.717, 1.165) is 43.4 Å². The van der Waals surface area contributed by atoms with Gasteiger partial charge in [0.2, 0.25) is 5.91 Å². The summed E-state index contributed by atoms with van der Waals surface area (Å²) in [5, 5.41) is 3.13. The zero-order valence-corrected chi connectivity index (χ0v) is 13.7. The Bertz CT molecular complexity index is 576. The molecule has 1 amide bonds. The largest absolute Gasteiger partial charge is 0.349 e. The maximum atomic E-state index is 13.9. The van der Waals surface area contributed by atoms with Crippen molar-refractivity contribution in [2.45, 2.75) is 55.5 Å². The molecular weight excluding hydrogens is 299 g/mol. The number of fused-ring (bicyclic) bond motifs is 1. The first-order valence-corrected chi connectivity index (χ1v) is 8.98. The van der Waals surface area contributed by atoms with E-state index in [1.54, 1.807) is 6.07 Å². The molecule has 3 N–H and O–H groups in total. The van der Waals surface area contributed by atoms with E-state index in [-0.39, 0.29) is 23.7 Å². The van der Waals surface area contributed by atoms with Crippen LogP contribution in [0.1, 0.15) is 50.6 Å². The van der Waals surface area contributed by atoms with Crippen molar-refractivity contribution in [3.63, 3.8) is 0 Å². The minimum absolute atomic E-state index is 0.0248. The second-order valence-corrected chi connectivity index (χ2v) is 7.77. The number of carbonyl (C=O) groups is 1. The highest BCUT2D eigenvalue weighted by atomic mass is 32.2. The van der Waals surface area contributed by atoms with Crippen molar-refractivity contribution in [1.29, 1.82) is 0 Å². The van der Waals surface area contributed by atoms with Crippen LogP contribution in [0, 0.1) is 11.7 Å². The van der Waals surface area contributed by atoms with Gasteiger partial charge in [0.1, 0.15) is 5.82 Å². The van der Waals surface area contributed by atoms with Gasteiger partial charge in [-0.2, -0.15) is 0 Å². The van der Waals surface area contributed by atoms with Gasteiger partial charge in [-0.05, 0) is 37.8 Å². The summed E-state index contributed by atoms with van der Waals surface area (Å²) in [4.78, 5) is 13.4. The van der Waals surface area contributed by atoms with Crippen LogP contribution in [0.25, 0.3) is 0 Å². The van der Waals surface area contributed by atoms with E-state index in [0.29, 0.717) is 4.90 Å². The van der Waals surface area contributed by atoms with Gasteiger partial charge in [-0.3, -0.25) is 4.79 Å². The maximum absolute atomic E-state index is 13.9. The topological polar surface area (TPSA) is 55.1 Å². The molecule has 1 aromatic carbocycles. The highest BCUT2D eigenvalue weighted by molar-refractivity contribution is 7.99. The Hall–Kier alpha value is -1.07. The van der Waals surface area contributed by atoms with Crippen LogP contribution in [0.3, 0.4) is 0 Å². The van der Waals surface area contributed by atoms with Gasteiger partial charge in [-0.1, -0.05) is 25.0 Å². The predicted molar refractivity (Wildman–Crippen MR) is 87.2 cm³/mol. The summed E-state index contributed by atoms with van der Waals surface area (Å²) in [5.74, 6) is 0.510. The van der Waals surface area contributed by atoms with Crippen LogP contribution >= 0.6 is 11.8 Å². The average Bonchev–Trinajstić information content (AvgIpc) is 2.48. The molecule has 22 heavy (non-hydrogen) atoms. The lowest BCUT2D eigenvalue weighted by Gasteiger charge is -2.38. The van der Waals surface area contributed by atoms with Gasteiger partial charge in [0, 0.05) is 16.2 Å². The van der Waals surface area contributed by atoms with Crippen molar-refractivity contribution < 1.29 is 9.18 Å². The Labute approximate surface area is 135 Å². The lowest BCUT2D eigenvalue weighted by molar-refractivity contribution is -0.129. The van der Waals surface area contributed by atoms with E-state index < -0.39 is 5.54 Å². The first kappa shape index (κ1) is 15.8. The van der Waals surface area contributed by atoms with Gasteiger partial charge in [0.05, 0.1) is 12.0 Å². The van der Waals surface area contributed by atoms with Crippen molar-refractivity contribution >= 4 is 17.7 Å². The van der Waals surface area contributed by atoms with E-state index >= 15 is 0 Å². The molecule has 1 fully saturated rings. The third-order valence-corrected chi connectivity index (χ3v) is 6.07. The number of nitrogens with two attached hydrogens (primary N) is 1. The molecule has 3 unspecified atom stereocenters. The van der Waals surface area contributed by atoms with Crippen LogP contribution < -0.4 is 11.1 Å². The Kier molecular flexibility index (Phi) is 4.46. The van der Waals surface area contributed by atoms with Crippen LogP contribution in [-0.2, 0) is 4.79 Å². The summed E-state index contributed by atoms with van der Waals surface area (Å²) in [6.45, 7) is 1.97. The molecule has 3 nitrogen and oxygen atoms in total. The van der Waals surface area contributed by atoms with Crippen molar-refractivity contribution in [3.05, 3.63) is 29.6 Å². The highest BCUT2D eigenvalue weighted by Crippen LogP contribution is 2.38. The second-order valence-electron chi connectivity index (χ2n) is 6.66. The SMILES string of the molecule is CC1(N)CCCCC1C(=O)NC1CCSc2c(F)cccc21. The molecule has 1 aliphatic heterocycles. The molecular formula is C17H23FN2OS. The molecule has 0 bridgehead atoms. The number of halogens is 1. The fourth-order valence-corrected chi connectivity index (χ4v) is 4.74. The number of rotatable bonds is 2. The molecule has 1 aliphatic carbocycles. The minimum Gasteiger partial charge on any atom is -0.349 e. The fraction of sp³-hybridized carbons (Fsp3) is 0.588. The highest BCUT2D eigenvalue weighted by Gasteiger charge is 2.39. The van der Waals surface area contributed by atoms with Gasteiger partial charge in [-0.15, -0.1) is 11.8 Å². The zero-order valence-electron chi connectivity index (χ0n) is 12.9. The third kappa shape index (κ3) is 3.01. The molecule has 1 heterocycles.